The van der Waals surface area contributed by atoms with Crippen LogP contribution in [0, 0.1) is 0 Å². The van der Waals surface area contributed by atoms with Crippen LogP contribution in [0.15, 0.2) is 67.8 Å². The summed E-state index contributed by atoms with van der Waals surface area (Å²) in [5, 5.41) is 4.64. The second kappa shape index (κ2) is 6.27. The van der Waals surface area contributed by atoms with E-state index in [1.54, 1.807) is 6.08 Å². The van der Waals surface area contributed by atoms with Crippen molar-refractivity contribution in [2.45, 2.75) is 6.54 Å². The maximum absolute atomic E-state index is 4.65. The first kappa shape index (κ1) is 14.1. The number of aromatic nitrogens is 1. The van der Waals surface area contributed by atoms with Crippen molar-refractivity contribution in [1.82, 2.24) is 4.98 Å². The molecule has 0 bridgehead atoms. The molecule has 2 heteroatoms. The summed E-state index contributed by atoms with van der Waals surface area (Å²) in [5.74, 6) is 0. The topological polar surface area (TPSA) is 24.9 Å². The SMILES string of the molecule is C=Cc1nc2ccccc2c(NCc2ccccc2)c1C=C. The maximum atomic E-state index is 4.65. The molecule has 2 nitrogen and oxygen atoms in total. The summed E-state index contributed by atoms with van der Waals surface area (Å²) in [5.41, 5.74) is 5.09. The van der Waals surface area contributed by atoms with Crippen LogP contribution in [-0.4, -0.2) is 4.98 Å². The molecule has 108 valence electrons. The first-order valence-electron chi connectivity index (χ1n) is 7.29. The van der Waals surface area contributed by atoms with E-state index in [9.17, 15) is 0 Å². The summed E-state index contributed by atoms with van der Waals surface area (Å²) >= 11 is 0. The Labute approximate surface area is 130 Å². The number of para-hydroxylation sites is 1. The molecule has 3 aromatic rings. The molecular weight excluding hydrogens is 268 g/mol. The van der Waals surface area contributed by atoms with Gasteiger partial charge in [0.05, 0.1) is 16.9 Å². The Hall–Kier alpha value is -2.87. The fraction of sp³-hybridized carbons (Fsp3) is 0.0500. The zero-order valence-corrected chi connectivity index (χ0v) is 12.4. The van der Waals surface area contributed by atoms with Crippen LogP contribution in [0.4, 0.5) is 5.69 Å². The van der Waals surface area contributed by atoms with Gasteiger partial charge in [0.15, 0.2) is 0 Å². The molecule has 1 heterocycles. The molecule has 0 aliphatic heterocycles. The average molecular weight is 286 g/mol. The van der Waals surface area contributed by atoms with E-state index in [-0.39, 0.29) is 0 Å². The Bertz CT molecular complexity index is 820. The molecular formula is C20H18N2. The van der Waals surface area contributed by atoms with E-state index in [0.29, 0.717) is 0 Å². The van der Waals surface area contributed by atoms with Crippen LogP contribution in [0.1, 0.15) is 16.8 Å². The van der Waals surface area contributed by atoms with Gasteiger partial charge in [0.1, 0.15) is 0 Å². The molecule has 0 aliphatic carbocycles. The number of hydrogen-bond acceptors (Lipinski definition) is 2. The van der Waals surface area contributed by atoms with Gasteiger partial charge in [0.25, 0.3) is 0 Å². The summed E-state index contributed by atoms with van der Waals surface area (Å²) in [6.45, 7) is 8.56. The molecule has 0 amide bonds. The van der Waals surface area contributed by atoms with Gasteiger partial charge in [0.2, 0.25) is 0 Å². The molecule has 0 unspecified atom stereocenters. The van der Waals surface area contributed by atoms with Gasteiger partial charge in [-0.3, -0.25) is 0 Å². The number of rotatable bonds is 5. The molecule has 0 aliphatic rings. The molecule has 22 heavy (non-hydrogen) atoms. The van der Waals surface area contributed by atoms with Crippen LogP contribution >= 0.6 is 0 Å². The van der Waals surface area contributed by atoms with E-state index in [2.05, 4.69) is 41.7 Å². The lowest BCUT2D eigenvalue weighted by atomic mass is 10.0. The van der Waals surface area contributed by atoms with Crippen LogP contribution in [0.25, 0.3) is 23.1 Å². The van der Waals surface area contributed by atoms with Gasteiger partial charge < -0.3 is 5.32 Å². The highest BCUT2D eigenvalue weighted by atomic mass is 14.9. The number of nitrogens with one attached hydrogen (secondary N) is 1. The molecule has 3 rings (SSSR count). The zero-order valence-electron chi connectivity index (χ0n) is 12.4. The van der Waals surface area contributed by atoms with Gasteiger partial charge in [0, 0.05) is 17.5 Å². The predicted molar refractivity (Wildman–Crippen MR) is 95.7 cm³/mol. The second-order valence-corrected chi connectivity index (χ2v) is 5.05. The summed E-state index contributed by atoms with van der Waals surface area (Å²) < 4.78 is 0. The highest BCUT2D eigenvalue weighted by Crippen LogP contribution is 2.30. The van der Waals surface area contributed by atoms with Gasteiger partial charge in [-0.1, -0.05) is 67.8 Å². The summed E-state index contributed by atoms with van der Waals surface area (Å²) in [6, 6.07) is 18.5. The van der Waals surface area contributed by atoms with Gasteiger partial charge in [-0.25, -0.2) is 4.98 Å². The van der Waals surface area contributed by atoms with Gasteiger partial charge in [-0.2, -0.15) is 0 Å². The lowest BCUT2D eigenvalue weighted by Crippen LogP contribution is -2.04. The summed E-state index contributed by atoms with van der Waals surface area (Å²) in [4.78, 5) is 4.65. The first-order valence-corrected chi connectivity index (χ1v) is 7.29. The molecule has 0 spiro atoms. The van der Waals surface area contributed by atoms with E-state index >= 15 is 0 Å². The van der Waals surface area contributed by atoms with Crippen LogP contribution in [-0.2, 0) is 6.54 Å². The van der Waals surface area contributed by atoms with Crippen LogP contribution in [0.3, 0.4) is 0 Å². The van der Waals surface area contributed by atoms with E-state index in [1.165, 1.54) is 5.56 Å². The minimum absolute atomic E-state index is 0.756. The Balaban J connectivity index is 2.09. The van der Waals surface area contributed by atoms with Crippen molar-refractivity contribution in [3.8, 4) is 0 Å². The largest absolute Gasteiger partial charge is 0.380 e. The van der Waals surface area contributed by atoms with Crippen molar-refractivity contribution >= 4 is 28.7 Å². The minimum atomic E-state index is 0.756. The van der Waals surface area contributed by atoms with E-state index in [4.69, 9.17) is 0 Å². The fourth-order valence-corrected chi connectivity index (χ4v) is 2.58. The first-order chi connectivity index (χ1) is 10.8. The van der Waals surface area contributed by atoms with Gasteiger partial charge in [-0.15, -0.1) is 0 Å². The number of fused-ring (bicyclic) bond motifs is 1. The third-order valence-electron chi connectivity index (χ3n) is 3.67. The van der Waals surface area contributed by atoms with Crippen LogP contribution in [0.5, 0.6) is 0 Å². The standard InChI is InChI=1S/C20H18N2/c1-3-16-18(4-2)22-19-13-9-8-12-17(19)20(16)21-14-15-10-6-5-7-11-15/h3-13H,1-2,14H2,(H,21,22). The number of hydrogen-bond donors (Lipinski definition) is 1. The van der Waals surface area contributed by atoms with Crippen LogP contribution < -0.4 is 5.32 Å². The maximum Gasteiger partial charge on any atom is 0.0730 e. The lowest BCUT2D eigenvalue weighted by molar-refractivity contribution is 1.15. The van der Waals surface area contributed by atoms with Crippen molar-refractivity contribution in [2.24, 2.45) is 0 Å². The molecule has 2 aromatic carbocycles. The van der Waals surface area contributed by atoms with Crippen molar-refractivity contribution in [3.05, 3.63) is 84.6 Å². The Morgan fingerprint density at radius 3 is 2.36 bits per heavy atom. The van der Waals surface area contributed by atoms with Crippen LogP contribution in [0.2, 0.25) is 0 Å². The highest BCUT2D eigenvalue weighted by Gasteiger charge is 2.10. The zero-order chi connectivity index (χ0) is 15.4. The van der Waals surface area contributed by atoms with Crippen molar-refractivity contribution in [3.63, 3.8) is 0 Å². The van der Waals surface area contributed by atoms with E-state index in [0.717, 1.165) is 34.4 Å². The quantitative estimate of drug-likeness (QED) is 0.703. The molecule has 0 saturated heterocycles. The Kier molecular flexibility index (Phi) is 4.01. The molecule has 0 saturated carbocycles. The molecule has 1 aromatic heterocycles. The molecule has 1 N–H and O–H groups in total. The summed E-state index contributed by atoms with van der Waals surface area (Å²) in [7, 11) is 0. The van der Waals surface area contributed by atoms with Crippen molar-refractivity contribution in [2.75, 3.05) is 5.32 Å². The Morgan fingerprint density at radius 2 is 1.64 bits per heavy atom. The monoisotopic (exact) mass is 286 g/mol. The van der Waals surface area contributed by atoms with Crippen molar-refractivity contribution in [1.29, 1.82) is 0 Å². The number of anilines is 1. The van der Waals surface area contributed by atoms with Gasteiger partial charge in [-0.05, 0) is 17.7 Å². The number of benzene rings is 2. The average Bonchev–Trinajstić information content (AvgIpc) is 2.59. The highest BCUT2D eigenvalue weighted by molar-refractivity contribution is 5.97. The normalized spacial score (nSPS) is 10.4. The number of nitrogens with zero attached hydrogens (tertiary/aromatic N) is 1. The third kappa shape index (κ3) is 2.63. The summed E-state index contributed by atoms with van der Waals surface area (Å²) in [6.07, 6.45) is 3.61. The van der Waals surface area contributed by atoms with E-state index in [1.807, 2.05) is 42.5 Å². The lowest BCUT2D eigenvalue weighted by Gasteiger charge is -2.15. The molecule has 0 atom stereocenters. The molecule has 0 fully saturated rings. The second-order valence-electron chi connectivity index (χ2n) is 5.05. The minimum Gasteiger partial charge on any atom is -0.380 e. The fourth-order valence-electron chi connectivity index (χ4n) is 2.58. The van der Waals surface area contributed by atoms with Crippen molar-refractivity contribution < 1.29 is 0 Å². The Morgan fingerprint density at radius 1 is 0.909 bits per heavy atom. The van der Waals surface area contributed by atoms with E-state index < -0.39 is 0 Å². The third-order valence-corrected chi connectivity index (χ3v) is 3.67. The molecule has 0 radical (unpaired) electrons. The number of pyridine rings is 1. The smallest absolute Gasteiger partial charge is 0.0730 e. The predicted octanol–water partition coefficient (Wildman–Crippen LogP) is 5.13. The van der Waals surface area contributed by atoms with Gasteiger partial charge >= 0.3 is 0 Å².